The summed E-state index contributed by atoms with van der Waals surface area (Å²) in [5.41, 5.74) is 0.805. The lowest BCUT2D eigenvalue weighted by Gasteiger charge is -2.07. The number of para-hydroxylation sites is 1. The van der Waals surface area contributed by atoms with Gasteiger partial charge in [0.05, 0.1) is 5.02 Å². The second-order valence-electron chi connectivity index (χ2n) is 4.35. The maximum atomic E-state index is 6.10. The Labute approximate surface area is 107 Å². The molecule has 92 valence electrons. The summed E-state index contributed by atoms with van der Waals surface area (Å²) in [5.74, 6) is 1.43. The summed E-state index contributed by atoms with van der Waals surface area (Å²) >= 11 is 6.10. The SMILES string of the molecule is CCNCCC(C)c1cc2cccc(Cl)c2o1. The molecule has 1 aromatic heterocycles. The van der Waals surface area contributed by atoms with Crippen molar-refractivity contribution in [2.75, 3.05) is 13.1 Å². The molecule has 0 saturated heterocycles. The minimum Gasteiger partial charge on any atom is -0.459 e. The fraction of sp³-hybridized carbons (Fsp3) is 0.429. The molecular weight excluding hydrogens is 234 g/mol. The van der Waals surface area contributed by atoms with E-state index in [0.29, 0.717) is 10.9 Å². The van der Waals surface area contributed by atoms with Crippen molar-refractivity contribution in [1.29, 1.82) is 0 Å². The minimum atomic E-state index is 0.414. The fourth-order valence-electron chi connectivity index (χ4n) is 1.93. The zero-order valence-corrected chi connectivity index (χ0v) is 11.1. The highest BCUT2D eigenvalue weighted by atomic mass is 35.5. The minimum absolute atomic E-state index is 0.414. The van der Waals surface area contributed by atoms with Crippen LogP contribution in [0, 0.1) is 0 Å². The Hall–Kier alpha value is -0.990. The highest BCUT2D eigenvalue weighted by Crippen LogP contribution is 2.30. The molecular formula is C14H18ClNO. The second-order valence-corrected chi connectivity index (χ2v) is 4.76. The van der Waals surface area contributed by atoms with Crippen molar-refractivity contribution in [2.45, 2.75) is 26.2 Å². The molecule has 0 aliphatic heterocycles. The van der Waals surface area contributed by atoms with Gasteiger partial charge < -0.3 is 9.73 Å². The molecule has 2 aromatic rings. The van der Waals surface area contributed by atoms with E-state index in [1.54, 1.807) is 0 Å². The standard InChI is InChI=1S/C14H18ClNO/c1-3-16-8-7-10(2)13-9-11-5-4-6-12(15)14(11)17-13/h4-6,9-10,16H,3,7-8H2,1-2H3. The lowest BCUT2D eigenvalue weighted by Crippen LogP contribution is -2.15. The first-order valence-corrected chi connectivity index (χ1v) is 6.49. The summed E-state index contributed by atoms with van der Waals surface area (Å²) < 4.78 is 5.83. The van der Waals surface area contributed by atoms with Crippen LogP contribution in [0.2, 0.25) is 5.02 Å². The average molecular weight is 252 g/mol. The van der Waals surface area contributed by atoms with Gasteiger partial charge in [0.15, 0.2) is 5.58 Å². The molecule has 0 amide bonds. The van der Waals surface area contributed by atoms with Crippen LogP contribution in [0.4, 0.5) is 0 Å². The lowest BCUT2D eigenvalue weighted by molar-refractivity contribution is 0.480. The van der Waals surface area contributed by atoms with Crippen LogP contribution in [-0.2, 0) is 0 Å². The first-order chi connectivity index (χ1) is 8.22. The zero-order chi connectivity index (χ0) is 12.3. The van der Waals surface area contributed by atoms with Gasteiger partial charge >= 0.3 is 0 Å². The number of benzene rings is 1. The van der Waals surface area contributed by atoms with E-state index < -0.39 is 0 Å². The number of furan rings is 1. The monoisotopic (exact) mass is 251 g/mol. The third-order valence-corrected chi connectivity index (χ3v) is 3.30. The van der Waals surface area contributed by atoms with Crippen molar-refractivity contribution in [2.24, 2.45) is 0 Å². The van der Waals surface area contributed by atoms with Gasteiger partial charge in [0, 0.05) is 11.3 Å². The van der Waals surface area contributed by atoms with E-state index in [0.717, 1.165) is 36.2 Å². The molecule has 1 aromatic carbocycles. The molecule has 0 aliphatic rings. The van der Waals surface area contributed by atoms with Gasteiger partial charge in [-0.3, -0.25) is 0 Å². The summed E-state index contributed by atoms with van der Waals surface area (Å²) in [4.78, 5) is 0. The molecule has 0 radical (unpaired) electrons. The van der Waals surface area contributed by atoms with Crippen LogP contribution in [0.3, 0.4) is 0 Å². The van der Waals surface area contributed by atoms with E-state index in [1.165, 1.54) is 0 Å². The van der Waals surface area contributed by atoms with Crippen molar-refractivity contribution in [3.63, 3.8) is 0 Å². The Balaban J connectivity index is 2.16. The summed E-state index contributed by atoms with van der Waals surface area (Å²) in [7, 11) is 0. The highest BCUT2D eigenvalue weighted by Gasteiger charge is 2.12. The summed E-state index contributed by atoms with van der Waals surface area (Å²) in [5, 5.41) is 5.10. The molecule has 1 atom stereocenters. The lowest BCUT2D eigenvalue weighted by atomic mass is 10.0. The summed E-state index contributed by atoms with van der Waals surface area (Å²) in [6.45, 7) is 6.33. The maximum absolute atomic E-state index is 6.10. The van der Waals surface area contributed by atoms with E-state index >= 15 is 0 Å². The molecule has 0 saturated carbocycles. The van der Waals surface area contributed by atoms with Gasteiger partial charge in [-0.25, -0.2) is 0 Å². The largest absolute Gasteiger partial charge is 0.459 e. The number of fused-ring (bicyclic) bond motifs is 1. The van der Waals surface area contributed by atoms with Crippen LogP contribution in [0.25, 0.3) is 11.0 Å². The normalized spacial score (nSPS) is 13.1. The van der Waals surface area contributed by atoms with Crippen LogP contribution >= 0.6 is 11.6 Å². The van der Waals surface area contributed by atoms with Crippen LogP contribution in [0.15, 0.2) is 28.7 Å². The first kappa shape index (κ1) is 12.5. The third-order valence-electron chi connectivity index (χ3n) is 3.00. The van der Waals surface area contributed by atoms with Crippen molar-refractivity contribution < 1.29 is 4.42 Å². The van der Waals surface area contributed by atoms with Gasteiger partial charge in [0.2, 0.25) is 0 Å². The molecule has 2 rings (SSSR count). The summed E-state index contributed by atoms with van der Waals surface area (Å²) in [6, 6.07) is 7.94. The van der Waals surface area contributed by atoms with E-state index in [9.17, 15) is 0 Å². The second kappa shape index (κ2) is 5.56. The van der Waals surface area contributed by atoms with E-state index in [2.05, 4.69) is 25.2 Å². The van der Waals surface area contributed by atoms with Crippen LogP contribution in [-0.4, -0.2) is 13.1 Å². The van der Waals surface area contributed by atoms with E-state index in [1.807, 2.05) is 18.2 Å². The van der Waals surface area contributed by atoms with Gasteiger partial charge in [-0.1, -0.05) is 37.6 Å². The molecule has 0 bridgehead atoms. The fourth-order valence-corrected chi connectivity index (χ4v) is 2.15. The molecule has 1 unspecified atom stereocenters. The molecule has 17 heavy (non-hydrogen) atoms. The van der Waals surface area contributed by atoms with Crippen molar-refractivity contribution >= 4 is 22.6 Å². The predicted octanol–water partition coefficient (Wildman–Crippen LogP) is 4.19. The maximum Gasteiger partial charge on any atom is 0.152 e. The van der Waals surface area contributed by atoms with E-state index in [4.69, 9.17) is 16.0 Å². The molecule has 1 N–H and O–H groups in total. The zero-order valence-electron chi connectivity index (χ0n) is 10.3. The number of nitrogens with one attached hydrogen (secondary N) is 1. The molecule has 3 heteroatoms. The number of hydrogen-bond donors (Lipinski definition) is 1. The molecule has 2 nitrogen and oxygen atoms in total. The van der Waals surface area contributed by atoms with Crippen LogP contribution in [0.1, 0.15) is 31.9 Å². The van der Waals surface area contributed by atoms with Crippen LogP contribution in [0.5, 0.6) is 0 Å². The van der Waals surface area contributed by atoms with Crippen molar-refractivity contribution in [3.05, 3.63) is 35.0 Å². The first-order valence-electron chi connectivity index (χ1n) is 6.11. The predicted molar refractivity (Wildman–Crippen MR) is 72.8 cm³/mol. The molecule has 0 aliphatic carbocycles. The molecule has 0 fully saturated rings. The topological polar surface area (TPSA) is 25.2 Å². The molecule has 1 heterocycles. The number of halogens is 1. The van der Waals surface area contributed by atoms with Crippen molar-refractivity contribution in [3.8, 4) is 0 Å². The average Bonchev–Trinajstić information content (AvgIpc) is 2.75. The Morgan fingerprint density at radius 3 is 2.94 bits per heavy atom. The van der Waals surface area contributed by atoms with Crippen molar-refractivity contribution in [1.82, 2.24) is 5.32 Å². The Morgan fingerprint density at radius 1 is 1.41 bits per heavy atom. The quantitative estimate of drug-likeness (QED) is 0.806. The van der Waals surface area contributed by atoms with Gasteiger partial charge in [0.25, 0.3) is 0 Å². The van der Waals surface area contributed by atoms with Crippen LogP contribution < -0.4 is 5.32 Å². The molecule has 0 spiro atoms. The third kappa shape index (κ3) is 2.82. The number of hydrogen-bond acceptors (Lipinski definition) is 2. The van der Waals surface area contributed by atoms with Gasteiger partial charge in [-0.15, -0.1) is 0 Å². The van der Waals surface area contributed by atoms with Gasteiger partial charge in [0.1, 0.15) is 5.76 Å². The highest BCUT2D eigenvalue weighted by molar-refractivity contribution is 6.34. The Morgan fingerprint density at radius 2 is 2.24 bits per heavy atom. The summed E-state index contributed by atoms with van der Waals surface area (Å²) in [6.07, 6.45) is 1.07. The smallest absolute Gasteiger partial charge is 0.152 e. The Kier molecular flexibility index (Phi) is 4.08. The van der Waals surface area contributed by atoms with E-state index in [-0.39, 0.29) is 0 Å². The Bertz CT molecular complexity index is 492. The van der Waals surface area contributed by atoms with Gasteiger partial charge in [-0.2, -0.15) is 0 Å². The number of rotatable bonds is 5. The van der Waals surface area contributed by atoms with Gasteiger partial charge in [-0.05, 0) is 31.6 Å².